The van der Waals surface area contributed by atoms with Crippen LogP contribution in [-0.2, 0) is 7.05 Å². The van der Waals surface area contributed by atoms with Crippen LogP contribution in [0.15, 0.2) is 61.1 Å². The molecule has 0 aliphatic carbocycles. The molecule has 1 atom stereocenters. The van der Waals surface area contributed by atoms with E-state index in [0.717, 1.165) is 24.9 Å². The molecule has 2 aromatic heterocycles. The highest BCUT2D eigenvalue weighted by atomic mass is 16.5. The minimum absolute atomic E-state index is 0.00309. The van der Waals surface area contributed by atoms with Crippen LogP contribution >= 0.6 is 0 Å². The molecule has 0 spiro atoms. The summed E-state index contributed by atoms with van der Waals surface area (Å²) in [6, 6.07) is 12.9. The topological polar surface area (TPSA) is 60.2 Å². The number of hydrogen-bond donors (Lipinski definition) is 0. The van der Waals surface area contributed by atoms with Crippen LogP contribution in [0.3, 0.4) is 0 Å². The first-order valence-electron chi connectivity index (χ1n) is 8.69. The predicted molar refractivity (Wildman–Crippen MR) is 97.0 cm³/mol. The van der Waals surface area contributed by atoms with Gasteiger partial charge in [-0.05, 0) is 31.0 Å². The van der Waals surface area contributed by atoms with Gasteiger partial charge in [0.15, 0.2) is 0 Å². The van der Waals surface area contributed by atoms with Gasteiger partial charge in [0.1, 0.15) is 5.75 Å². The van der Waals surface area contributed by atoms with Crippen molar-refractivity contribution in [3.63, 3.8) is 0 Å². The van der Waals surface area contributed by atoms with Crippen molar-refractivity contribution in [2.45, 2.75) is 18.9 Å². The first kappa shape index (κ1) is 16.3. The number of carbonyl (C=O) groups is 1. The van der Waals surface area contributed by atoms with Gasteiger partial charge in [0, 0.05) is 43.2 Å². The molecule has 0 unspecified atom stereocenters. The number of amides is 1. The third-order valence-corrected chi connectivity index (χ3v) is 4.57. The number of para-hydroxylation sites is 1. The third-order valence-electron chi connectivity index (χ3n) is 4.57. The minimum atomic E-state index is -0.00309. The van der Waals surface area contributed by atoms with Gasteiger partial charge in [-0.25, -0.2) is 4.98 Å². The number of pyridine rings is 1. The Kier molecular flexibility index (Phi) is 4.39. The molecule has 0 N–H and O–H groups in total. The van der Waals surface area contributed by atoms with Crippen LogP contribution in [0.2, 0.25) is 0 Å². The van der Waals surface area contributed by atoms with Crippen molar-refractivity contribution in [1.82, 2.24) is 19.7 Å². The van der Waals surface area contributed by atoms with Gasteiger partial charge in [-0.2, -0.15) is 5.10 Å². The second kappa shape index (κ2) is 7.00. The summed E-state index contributed by atoms with van der Waals surface area (Å²) in [5, 5.41) is 4.24. The number of aromatic nitrogens is 3. The molecule has 0 bridgehead atoms. The van der Waals surface area contributed by atoms with Crippen LogP contribution in [-0.4, -0.2) is 32.1 Å². The largest absolute Gasteiger partial charge is 0.439 e. The Morgan fingerprint density at radius 1 is 1.23 bits per heavy atom. The molecule has 1 amide bonds. The van der Waals surface area contributed by atoms with Gasteiger partial charge in [0.25, 0.3) is 5.91 Å². The van der Waals surface area contributed by atoms with E-state index in [1.54, 1.807) is 23.0 Å². The molecule has 1 aliphatic heterocycles. The maximum absolute atomic E-state index is 13.1. The summed E-state index contributed by atoms with van der Waals surface area (Å²) >= 11 is 0. The van der Waals surface area contributed by atoms with Gasteiger partial charge in [-0.1, -0.05) is 18.2 Å². The zero-order valence-corrected chi connectivity index (χ0v) is 14.6. The van der Waals surface area contributed by atoms with Crippen molar-refractivity contribution in [3.8, 4) is 11.6 Å². The van der Waals surface area contributed by atoms with Gasteiger partial charge in [0.05, 0.1) is 12.2 Å². The lowest BCUT2D eigenvalue weighted by molar-refractivity contribution is 0.0735. The molecule has 1 aromatic carbocycles. The molecule has 6 heteroatoms. The zero-order chi connectivity index (χ0) is 17.9. The number of ether oxygens (including phenoxy) is 1. The maximum Gasteiger partial charge on any atom is 0.254 e. The molecule has 4 rings (SSSR count). The molecule has 0 radical (unpaired) electrons. The van der Waals surface area contributed by atoms with Crippen LogP contribution in [0.1, 0.15) is 34.8 Å². The van der Waals surface area contributed by atoms with Crippen LogP contribution in [0.4, 0.5) is 0 Å². The van der Waals surface area contributed by atoms with Crippen molar-refractivity contribution in [2.75, 3.05) is 6.54 Å². The number of carbonyl (C=O) groups excluding carboxylic acids is 1. The lowest BCUT2D eigenvalue weighted by Gasteiger charge is -2.24. The molecular weight excluding hydrogens is 328 g/mol. The summed E-state index contributed by atoms with van der Waals surface area (Å²) in [4.78, 5) is 19.2. The van der Waals surface area contributed by atoms with Gasteiger partial charge in [-0.3, -0.25) is 9.48 Å². The molecule has 6 nitrogen and oxygen atoms in total. The van der Waals surface area contributed by atoms with Crippen LogP contribution < -0.4 is 4.74 Å². The second-order valence-electron chi connectivity index (χ2n) is 6.40. The van der Waals surface area contributed by atoms with Crippen LogP contribution in [0.25, 0.3) is 0 Å². The van der Waals surface area contributed by atoms with E-state index in [-0.39, 0.29) is 11.9 Å². The maximum atomic E-state index is 13.1. The Morgan fingerprint density at radius 2 is 2.08 bits per heavy atom. The smallest absolute Gasteiger partial charge is 0.254 e. The Labute approximate surface area is 152 Å². The van der Waals surface area contributed by atoms with Crippen molar-refractivity contribution >= 4 is 5.91 Å². The summed E-state index contributed by atoms with van der Waals surface area (Å²) in [6.07, 6.45) is 7.37. The fourth-order valence-electron chi connectivity index (χ4n) is 3.34. The van der Waals surface area contributed by atoms with Gasteiger partial charge >= 0.3 is 0 Å². The fraction of sp³-hybridized carbons (Fsp3) is 0.250. The van der Waals surface area contributed by atoms with E-state index in [1.165, 1.54) is 0 Å². The number of likely N-dealkylation sites (tertiary alicyclic amines) is 1. The summed E-state index contributed by atoms with van der Waals surface area (Å²) < 4.78 is 7.52. The summed E-state index contributed by atoms with van der Waals surface area (Å²) in [7, 11) is 1.89. The molecule has 26 heavy (non-hydrogen) atoms. The lowest BCUT2D eigenvalue weighted by atomic mass is 10.1. The monoisotopic (exact) mass is 348 g/mol. The first-order chi connectivity index (χ1) is 12.7. The highest BCUT2D eigenvalue weighted by Gasteiger charge is 2.31. The van der Waals surface area contributed by atoms with E-state index < -0.39 is 0 Å². The standard InChI is InChI=1S/C20H20N4O2/c1-23-14-16(13-22-23)18-8-5-11-24(18)20(25)15-9-10-21-19(12-15)26-17-6-3-2-4-7-17/h2-4,6-7,9-10,12-14,18H,5,8,11H2,1H3/t18-/m0/s1. The number of benzene rings is 1. The quantitative estimate of drug-likeness (QED) is 0.723. The normalized spacial score (nSPS) is 16.7. The van der Waals surface area contributed by atoms with Crippen molar-refractivity contribution in [1.29, 1.82) is 0 Å². The average molecular weight is 348 g/mol. The molecule has 132 valence electrons. The van der Waals surface area contributed by atoms with Crippen LogP contribution in [0, 0.1) is 0 Å². The fourth-order valence-corrected chi connectivity index (χ4v) is 3.34. The van der Waals surface area contributed by atoms with Crippen molar-refractivity contribution < 1.29 is 9.53 Å². The molecule has 3 heterocycles. The third kappa shape index (κ3) is 3.31. The van der Waals surface area contributed by atoms with E-state index in [1.807, 2.05) is 54.7 Å². The Morgan fingerprint density at radius 3 is 2.85 bits per heavy atom. The predicted octanol–water partition coefficient (Wildman–Crippen LogP) is 3.58. The SMILES string of the molecule is Cn1cc([C@@H]2CCCN2C(=O)c2ccnc(Oc3ccccc3)c2)cn1. The molecule has 3 aromatic rings. The lowest BCUT2D eigenvalue weighted by Crippen LogP contribution is -2.30. The minimum Gasteiger partial charge on any atom is -0.439 e. The molecule has 1 fully saturated rings. The highest BCUT2D eigenvalue weighted by Crippen LogP contribution is 2.33. The molecular formula is C20H20N4O2. The number of rotatable bonds is 4. The molecule has 1 aliphatic rings. The average Bonchev–Trinajstić information content (AvgIpc) is 3.31. The Bertz CT molecular complexity index is 907. The summed E-state index contributed by atoms with van der Waals surface area (Å²) in [5.74, 6) is 1.11. The van der Waals surface area contributed by atoms with Crippen molar-refractivity contribution in [3.05, 3.63) is 72.2 Å². The van der Waals surface area contributed by atoms with Crippen LogP contribution in [0.5, 0.6) is 11.6 Å². The van der Waals surface area contributed by atoms with E-state index in [9.17, 15) is 4.79 Å². The van der Waals surface area contributed by atoms with E-state index in [2.05, 4.69) is 10.1 Å². The van der Waals surface area contributed by atoms with Crippen molar-refractivity contribution in [2.24, 2.45) is 7.05 Å². The van der Waals surface area contributed by atoms with E-state index >= 15 is 0 Å². The molecule has 1 saturated heterocycles. The second-order valence-corrected chi connectivity index (χ2v) is 6.40. The number of nitrogens with zero attached hydrogens (tertiary/aromatic N) is 4. The summed E-state index contributed by atoms with van der Waals surface area (Å²) in [6.45, 7) is 0.746. The first-order valence-corrected chi connectivity index (χ1v) is 8.69. The van der Waals surface area contributed by atoms with E-state index in [0.29, 0.717) is 17.2 Å². The van der Waals surface area contributed by atoms with Gasteiger partial charge in [0.2, 0.25) is 5.88 Å². The Balaban J connectivity index is 1.55. The van der Waals surface area contributed by atoms with Gasteiger partial charge < -0.3 is 9.64 Å². The zero-order valence-electron chi connectivity index (χ0n) is 14.6. The number of hydrogen-bond acceptors (Lipinski definition) is 4. The molecule has 0 saturated carbocycles. The summed E-state index contributed by atoms with van der Waals surface area (Å²) in [5.41, 5.74) is 1.66. The Hall–Kier alpha value is -3.15. The number of aryl methyl sites for hydroxylation is 1. The highest BCUT2D eigenvalue weighted by molar-refractivity contribution is 5.94. The van der Waals surface area contributed by atoms with Gasteiger partial charge in [-0.15, -0.1) is 0 Å². The van der Waals surface area contributed by atoms with E-state index in [4.69, 9.17) is 4.74 Å².